The third-order valence-electron chi connectivity index (χ3n) is 4.83. The Morgan fingerprint density at radius 1 is 1.11 bits per heavy atom. The number of methoxy groups -OCH3 is 1. The largest absolute Gasteiger partial charge is 0.495 e. The zero-order valence-corrected chi connectivity index (χ0v) is 16.3. The number of nitrogens with one attached hydrogen (secondary N) is 1. The van der Waals surface area contributed by atoms with E-state index in [1.165, 1.54) is 7.11 Å². The molecule has 0 saturated heterocycles. The fourth-order valence-corrected chi connectivity index (χ4v) is 4.55. The normalized spacial score (nSPS) is 13.9. The van der Waals surface area contributed by atoms with Crippen LogP contribution in [0.5, 0.6) is 5.75 Å². The Labute approximate surface area is 163 Å². The van der Waals surface area contributed by atoms with Gasteiger partial charge in [0.15, 0.2) is 0 Å². The third kappa shape index (κ3) is 3.79. The number of ether oxygens (including phenoxy) is 1. The van der Waals surface area contributed by atoms with Crippen molar-refractivity contribution < 1.29 is 17.7 Å². The number of hydrogen-bond acceptors (Lipinski definition) is 6. The SMILES string of the molecule is COc1cc2c(cc1S(=O)(=O)NCc1nc(-c3ccccc3)no1)CCCC2. The van der Waals surface area contributed by atoms with Gasteiger partial charge in [0, 0.05) is 5.56 Å². The maximum Gasteiger partial charge on any atom is 0.244 e. The number of aryl methyl sites for hydroxylation is 2. The molecule has 0 unspecified atom stereocenters. The Balaban J connectivity index is 1.54. The Morgan fingerprint density at radius 3 is 2.54 bits per heavy atom. The van der Waals surface area contributed by atoms with Gasteiger partial charge in [-0.25, -0.2) is 13.1 Å². The Morgan fingerprint density at radius 2 is 1.82 bits per heavy atom. The van der Waals surface area contributed by atoms with Crippen molar-refractivity contribution in [2.45, 2.75) is 37.1 Å². The first-order chi connectivity index (χ1) is 13.6. The Kier molecular flexibility index (Phi) is 5.15. The first-order valence-corrected chi connectivity index (χ1v) is 10.6. The molecule has 4 rings (SSSR count). The molecule has 0 amide bonds. The average molecular weight is 399 g/mol. The van der Waals surface area contributed by atoms with Gasteiger partial charge >= 0.3 is 0 Å². The summed E-state index contributed by atoms with van der Waals surface area (Å²) < 4.78 is 38.8. The lowest BCUT2D eigenvalue weighted by Crippen LogP contribution is -2.24. The summed E-state index contributed by atoms with van der Waals surface area (Å²) in [5.41, 5.74) is 3.03. The fraction of sp³-hybridized carbons (Fsp3) is 0.300. The maximum absolute atomic E-state index is 12.9. The van der Waals surface area contributed by atoms with Crippen molar-refractivity contribution in [2.24, 2.45) is 0 Å². The molecule has 0 radical (unpaired) electrons. The summed E-state index contributed by atoms with van der Waals surface area (Å²) in [6, 6.07) is 12.9. The van der Waals surface area contributed by atoms with E-state index in [0.29, 0.717) is 11.6 Å². The lowest BCUT2D eigenvalue weighted by atomic mass is 9.92. The zero-order valence-electron chi connectivity index (χ0n) is 15.5. The van der Waals surface area contributed by atoms with Gasteiger partial charge in [0.1, 0.15) is 10.6 Å². The molecule has 0 saturated carbocycles. The summed E-state index contributed by atoms with van der Waals surface area (Å²) in [7, 11) is -2.31. The predicted octanol–water partition coefficient (Wildman–Crippen LogP) is 3.10. The van der Waals surface area contributed by atoms with Crippen molar-refractivity contribution in [1.82, 2.24) is 14.9 Å². The summed E-state index contributed by atoms with van der Waals surface area (Å²) >= 11 is 0. The summed E-state index contributed by atoms with van der Waals surface area (Å²) in [6.45, 7) is -0.0948. The molecule has 0 spiro atoms. The first kappa shape index (κ1) is 18.6. The van der Waals surface area contributed by atoms with Crippen LogP contribution in [0.1, 0.15) is 29.9 Å². The molecule has 2 aromatic carbocycles. The van der Waals surface area contributed by atoms with Gasteiger partial charge in [-0.05, 0) is 48.9 Å². The molecule has 28 heavy (non-hydrogen) atoms. The van der Waals surface area contributed by atoms with Crippen LogP contribution >= 0.6 is 0 Å². The highest BCUT2D eigenvalue weighted by Crippen LogP contribution is 2.32. The summed E-state index contributed by atoms with van der Waals surface area (Å²) in [4.78, 5) is 4.39. The summed E-state index contributed by atoms with van der Waals surface area (Å²) in [6.07, 6.45) is 4.01. The number of rotatable bonds is 6. The molecule has 1 aromatic heterocycles. The monoisotopic (exact) mass is 399 g/mol. The molecule has 0 atom stereocenters. The molecule has 3 aromatic rings. The van der Waals surface area contributed by atoms with Crippen molar-refractivity contribution in [3.63, 3.8) is 0 Å². The average Bonchev–Trinajstić information content (AvgIpc) is 3.21. The number of fused-ring (bicyclic) bond motifs is 1. The van der Waals surface area contributed by atoms with Gasteiger partial charge in [-0.1, -0.05) is 35.5 Å². The molecule has 1 heterocycles. The van der Waals surface area contributed by atoms with E-state index in [9.17, 15) is 8.42 Å². The van der Waals surface area contributed by atoms with Crippen LogP contribution in [0.3, 0.4) is 0 Å². The van der Waals surface area contributed by atoms with Gasteiger partial charge in [0.25, 0.3) is 0 Å². The van der Waals surface area contributed by atoms with E-state index < -0.39 is 10.0 Å². The van der Waals surface area contributed by atoms with E-state index >= 15 is 0 Å². The lowest BCUT2D eigenvalue weighted by Gasteiger charge is -2.19. The van der Waals surface area contributed by atoms with Crippen LogP contribution in [0, 0.1) is 0 Å². The van der Waals surface area contributed by atoms with E-state index in [1.807, 2.05) is 36.4 Å². The minimum Gasteiger partial charge on any atom is -0.495 e. The van der Waals surface area contributed by atoms with Crippen LogP contribution in [0.2, 0.25) is 0 Å². The van der Waals surface area contributed by atoms with Crippen LogP contribution < -0.4 is 9.46 Å². The number of hydrogen-bond donors (Lipinski definition) is 1. The predicted molar refractivity (Wildman–Crippen MR) is 103 cm³/mol. The smallest absolute Gasteiger partial charge is 0.244 e. The molecule has 0 fully saturated rings. The molecular formula is C20H21N3O4S. The first-order valence-electron chi connectivity index (χ1n) is 9.14. The highest BCUT2D eigenvalue weighted by molar-refractivity contribution is 7.89. The van der Waals surface area contributed by atoms with Crippen LogP contribution in [-0.2, 0) is 29.4 Å². The van der Waals surface area contributed by atoms with Crippen molar-refractivity contribution in [2.75, 3.05) is 7.11 Å². The molecule has 146 valence electrons. The second kappa shape index (κ2) is 7.73. The number of benzene rings is 2. The molecule has 1 N–H and O–H groups in total. The van der Waals surface area contributed by atoms with Gasteiger partial charge in [-0.15, -0.1) is 0 Å². The molecule has 8 heteroatoms. The van der Waals surface area contributed by atoms with E-state index in [0.717, 1.165) is 42.4 Å². The van der Waals surface area contributed by atoms with Crippen LogP contribution in [0.15, 0.2) is 51.9 Å². The van der Waals surface area contributed by atoms with Crippen LogP contribution in [0.4, 0.5) is 0 Å². The van der Waals surface area contributed by atoms with E-state index in [4.69, 9.17) is 9.26 Å². The molecule has 7 nitrogen and oxygen atoms in total. The van der Waals surface area contributed by atoms with E-state index in [2.05, 4.69) is 14.9 Å². The number of aromatic nitrogens is 2. The molecule has 0 aliphatic heterocycles. The topological polar surface area (TPSA) is 94.3 Å². The van der Waals surface area contributed by atoms with E-state index in [-0.39, 0.29) is 17.3 Å². The molecule has 1 aliphatic carbocycles. The Hall–Kier alpha value is -2.71. The van der Waals surface area contributed by atoms with Crippen LogP contribution in [-0.4, -0.2) is 25.7 Å². The highest BCUT2D eigenvalue weighted by atomic mass is 32.2. The van der Waals surface area contributed by atoms with Gasteiger partial charge in [-0.3, -0.25) is 0 Å². The van der Waals surface area contributed by atoms with Crippen LogP contribution in [0.25, 0.3) is 11.4 Å². The van der Waals surface area contributed by atoms with Gasteiger partial charge in [-0.2, -0.15) is 4.98 Å². The van der Waals surface area contributed by atoms with Crippen molar-refractivity contribution in [3.8, 4) is 17.1 Å². The standard InChI is InChI=1S/C20H21N3O4S/c1-26-17-11-15-9-5-6-10-16(15)12-18(17)28(24,25)21-13-19-22-20(23-27-19)14-7-3-2-4-8-14/h2-4,7-8,11-12,21H,5-6,9-10,13H2,1H3. The molecular weight excluding hydrogens is 378 g/mol. The van der Waals surface area contributed by atoms with E-state index in [1.54, 1.807) is 6.07 Å². The fourth-order valence-electron chi connectivity index (χ4n) is 3.38. The van der Waals surface area contributed by atoms with Gasteiger partial charge < -0.3 is 9.26 Å². The van der Waals surface area contributed by atoms with Crippen molar-refractivity contribution in [3.05, 3.63) is 59.5 Å². The number of nitrogens with zero attached hydrogens (tertiary/aromatic N) is 2. The Bertz CT molecular complexity index is 1080. The zero-order chi connectivity index (χ0) is 19.6. The minimum atomic E-state index is -3.79. The summed E-state index contributed by atoms with van der Waals surface area (Å²) in [5, 5.41) is 3.91. The lowest BCUT2D eigenvalue weighted by molar-refractivity contribution is 0.375. The molecule has 1 aliphatic rings. The van der Waals surface area contributed by atoms with Crippen molar-refractivity contribution in [1.29, 1.82) is 0 Å². The van der Waals surface area contributed by atoms with Gasteiger partial charge in [0.2, 0.25) is 21.7 Å². The maximum atomic E-state index is 12.9. The second-order valence-electron chi connectivity index (χ2n) is 6.68. The molecule has 0 bridgehead atoms. The number of sulfonamides is 1. The minimum absolute atomic E-state index is 0.0948. The third-order valence-corrected chi connectivity index (χ3v) is 6.25. The van der Waals surface area contributed by atoms with Gasteiger partial charge in [0.05, 0.1) is 13.7 Å². The quantitative estimate of drug-likeness (QED) is 0.684. The summed E-state index contributed by atoms with van der Waals surface area (Å²) in [5.74, 6) is 0.962. The highest BCUT2D eigenvalue weighted by Gasteiger charge is 2.24. The second-order valence-corrected chi connectivity index (χ2v) is 8.42. The van der Waals surface area contributed by atoms with Crippen molar-refractivity contribution >= 4 is 10.0 Å².